The number of halogens is 1. The molecule has 2 aromatic rings. The second-order valence-electron chi connectivity index (χ2n) is 4.67. The van der Waals surface area contributed by atoms with Gasteiger partial charge in [-0.05, 0) is 31.0 Å². The van der Waals surface area contributed by atoms with E-state index in [0.717, 1.165) is 30.8 Å². The van der Waals surface area contributed by atoms with Crippen LogP contribution in [0.4, 0.5) is 27.7 Å². The Morgan fingerprint density at radius 2 is 2.20 bits per heavy atom. The molecule has 0 spiro atoms. The Bertz CT molecular complexity index is 643. The Balaban J connectivity index is 2.01. The maximum Gasteiger partial charge on any atom is 0.223 e. The van der Waals surface area contributed by atoms with Crippen LogP contribution >= 0.6 is 0 Å². The SMILES string of the molecule is CCNc1cc(N2CCc3ccc(F)cc32)nc(N)n1. The standard InChI is InChI=1S/C14H16FN5/c1-2-17-12-8-13(19-14(16)18-12)20-6-5-9-3-4-10(15)7-11(9)20/h3-4,7-8H,2,5-6H2,1H3,(H3,16,17,18,19). The van der Waals surface area contributed by atoms with E-state index in [9.17, 15) is 4.39 Å². The van der Waals surface area contributed by atoms with Gasteiger partial charge in [0, 0.05) is 24.8 Å². The van der Waals surface area contributed by atoms with Crippen LogP contribution in [-0.4, -0.2) is 23.1 Å². The van der Waals surface area contributed by atoms with Gasteiger partial charge >= 0.3 is 0 Å². The van der Waals surface area contributed by atoms with Crippen LogP contribution in [0.15, 0.2) is 24.3 Å². The number of aromatic nitrogens is 2. The van der Waals surface area contributed by atoms with Crippen LogP contribution in [0.25, 0.3) is 0 Å². The summed E-state index contributed by atoms with van der Waals surface area (Å²) < 4.78 is 13.4. The Labute approximate surface area is 116 Å². The first-order valence-corrected chi connectivity index (χ1v) is 6.62. The van der Waals surface area contributed by atoms with Gasteiger partial charge in [0.15, 0.2) is 0 Å². The fraction of sp³-hybridized carbons (Fsp3) is 0.286. The lowest BCUT2D eigenvalue weighted by atomic mass is 10.2. The van der Waals surface area contributed by atoms with Gasteiger partial charge in [0.25, 0.3) is 0 Å². The van der Waals surface area contributed by atoms with E-state index < -0.39 is 0 Å². The van der Waals surface area contributed by atoms with Crippen LogP contribution in [0.1, 0.15) is 12.5 Å². The lowest BCUT2D eigenvalue weighted by Gasteiger charge is -2.19. The Morgan fingerprint density at radius 1 is 1.35 bits per heavy atom. The van der Waals surface area contributed by atoms with Crippen molar-refractivity contribution in [3.05, 3.63) is 35.6 Å². The lowest BCUT2D eigenvalue weighted by Crippen LogP contribution is -2.17. The van der Waals surface area contributed by atoms with Crippen molar-refractivity contribution in [2.24, 2.45) is 0 Å². The first-order chi connectivity index (χ1) is 9.67. The average molecular weight is 273 g/mol. The van der Waals surface area contributed by atoms with E-state index in [1.807, 2.05) is 24.0 Å². The first kappa shape index (κ1) is 12.7. The number of benzene rings is 1. The number of fused-ring (bicyclic) bond motifs is 1. The van der Waals surface area contributed by atoms with Crippen LogP contribution in [0.2, 0.25) is 0 Å². The van der Waals surface area contributed by atoms with Crippen LogP contribution in [0, 0.1) is 5.82 Å². The molecule has 0 aliphatic carbocycles. The average Bonchev–Trinajstić information content (AvgIpc) is 2.81. The molecule has 0 bridgehead atoms. The molecule has 3 rings (SSSR count). The number of nitrogens with two attached hydrogens (primary N) is 1. The van der Waals surface area contributed by atoms with Crippen LogP contribution in [-0.2, 0) is 6.42 Å². The predicted octanol–water partition coefficient (Wildman–Crippen LogP) is 2.32. The molecule has 0 radical (unpaired) electrons. The zero-order chi connectivity index (χ0) is 14.1. The van der Waals surface area contributed by atoms with E-state index in [2.05, 4.69) is 15.3 Å². The third-order valence-electron chi connectivity index (χ3n) is 3.31. The molecule has 1 aliphatic heterocycles. The summed E-state index contributed by atoms with van der Waals surface area (Å²) in [7, 11) is 0. The lowest BCUT2D eigenvalue weighted by molar-refractivity contribution is 0.628. The van der Waals surface area contributed by atoms with Gasteiger partial charge in [0.05, 0.1) is 0 Å². The van der Waals surface area contributed by atoms with Gasteiger partial charge in [-0.3, -0.25) is 0 Å². The molecule has 2 heterocycles. The largest absolute Gasteiger partial charge is 0.370 e. The summed E-state index contributed by atoms with van der Waals surface area (Å²) in [5, 5.41) is 3.12. The quantitative estimate of drug-likeness (QED) is 0.898. The minimum Gasteiger partial charge on any atom is -0.370 e. The highest BCUT2D eigenvalue weighted by molar-refractivity contribution is 5.69. The number of hydrogen-bond donors (Lipinski definition) is 2. The molecule has 0 amide bonds. The minimum absolute atomic E-state index is 0.211. The Hall–Kier alpha value is -2.37. The van der Waals surface area contributed by atoms with Crippen LogP contribution in [0.5, 0.6) is 0 Å². The molecular weight excluding hydrogens is 257 g/mol. The maximum atomic E-state index is 13.4. The summed E-state index contributed by atoms with van der Waals surface area (Å²) in [4.78, 5) is 10.3. The molecule has 1 aromatic carbocycles. The molecule has 1 aliphatic rings. The number of nitrogens with one attached hydrogen (secondary N) is 1. The van der Waals surface area contributed by atoms with Crippen molar-refractivity contribution in [3.8, 4) is 0 Å². The predicted molar refractivity (Wildman–Crippen MR) is 77.7 cm³/mol. The summed E-state index contributed by atoms with van der Waals surface area (Å²) in [6.07, 6.45) is 0.871. The zero-order valence-electron chi connectivity index (χ0n) is 11.2. The highest BCUT2D eigenvalue weighted by atomic mass is 19.1. The number of hydrogen-bond acceptors (Lipinski definition) is 5. The topological polar surface area (TPSA) is 67.1 Å². The molecule has 6 heteroatoms. The molecule has 5 nitrogen and oxygen atoms in total. The Kier molecular flexibility index (Phi) is 3.14. The normalized spacial score (nSPS) is 13.4. The zero-order valence-corrected chi connectivity index (χ0v) is 11.2. The van der Waals surface area contributed by atoms with Crippen LogP contribution in [0.3, 0.4) is 0 Å². The summed E-state index contributed by atoms with van der Waals surface area (Å²) in [6.45, 7) is 3.50. The number of nitrogen functional groups attached to an aromatic ring is 1. The summed E-state index contributed by atoms with van der Waals surface area (Å²) in [5.41, 5.74) is 7.72. The van der Waals surface area contributed by atoms with E-state index in [0.29, 0.717) is 11.6 Å². The third kappa shape index (κ3) is 2.24. The van der Waals surface area contributed by atoms with E-state index in [1.165, 1.54) is 12.1 Å². The number of anilines is 4. The van der Waals surface area contributed by atoms with Gasteiger partial charge in [-0.1, -0.05) is 6.07 Å². The van der Waals surface area contributed by atoms with Gasteiger partial charge in [-0.25, -0.2) is 4.39 Å². The van der Waals surface area contributed by atoms with Crippen molar-refractivity contribution in [1.29, 1.82) is 0 Å². The highest BCUT2D eigenvalue weighted by Gasteiger charge is 2.22. The second kappa shape index (κ2) is 4.96. The van der Waals surface area contributed by atoms with Crippen molar-refractivity contribution in [2.45, 2.75) is 13.3 Å². The van der Waals surface area contributed by atoms with E-state index in [4.69, 9.17) is 5.73 Å². The molecule has 0 saturated carbocycles. The minimum atomic E-state index is -0.246. The van der Waals surface area contributed by atoms with E-state index in [-0.39, 0.29) is 11.8 Å². The highest BCUT2D eigenvalue weighted by Crippen LogP contribution is 2.34. The van der Waals surface area contributed by atoms with Crippen molar-refractivity contribution < 1.29 is 4.39 Å². The van der Waals surface area contributed by atoms with E-state index >= 15 is 0 Å². The first-order valence-electron chi connectivity index (χ1n) is 6.62. The fourth-order valence-corrected chi connectivity index (χ4v) is 2.45. The summed E-state index contributed by atoms with van der Waals surface area (Å²) >= 11 is 0. The molecule has 20 heavy (non-hydrogen) atoms. The number of nitrogens with zero attached hydrogens (tertiary/aromatic N) is 3. The summed E-state index contributed by atoms with van der Waals surface area (Å²) in [5.74, 6) is 1.34. The molecular formula is C14H16FN5. The van der Waals surface area contributed by atoms with Gasteiger partial charge in [-0.15, -0.1) is 0 Å². The maximum absolute atomic E-state index is 13.4. The smallest absolute Gasteiger partial charge is 0.223 e. The molecule has 3 N–H and O–H groups in total. The van der Waals surface area contributed by atoms with E-state index in [1.54, 1.807) is 0 Å². The molecule has 104 valence electrons. The summed E-state index contributed by atoms with van der Waals surface area (Å²) in [6, 6.07) is 6.68. The van der Waals surface area contributed by atoms with Gasteiger partial charge in [0.2, 0.25) is 5.95 Å². The number of rotatable bonds is 3. The molecule has 0 fully saturated rings. The van der Waals surface area contributed by atoms with Crippen molar-refractivity contribution in [3.63, 3.8) is 0 Å². The van der Waals surface area contributed by atoms with Crippen LogP contribution < -0.4 is 16.0 Å². The van der Waals surface area contributed by atoms with Crippen molar-refractivity contribution in [2.75, 3.05) is 29.0 Å². The molecule has 0 atom stereocenters. The fourth-order valence-electron chi connectivity index (χ4n) is 2.45. The Morgan fingerprint density at radius 3 is 3.00 bits per heavy atom. The monoisotopic (exact) mass is 273 g/mol. The van der Waals surface area contributed by atoms with Gasteiger partial charge in [0.1, 0.15) is 17.5 Å². The molecule has 1 aromatic heterocycles. The van der Waals surface area contributed by atoms with Crippen molar-refractivity contribution in [1.82, 2.24) is 9.97 Å². The van der Waals surface area contributed by atoms with Crippen molar-refractivity contribution >= 4 is 23.3 Å². The van der Waals surface area contributed by atoms with Gasteiger partial charge in [-0.2, -0.15) is 9.97 Å². The second-order valence-corrected chi connectivity index (χ2v) is 4.67. The molecule has 0 unspecified atom stereocenters. The molecule has 0 saturated heterocycles. The third-order valence-corrected chi connectivity index (χ3v) is 3.31. The van der Waals surface area contributed by atoms with Gasteiger partial charge < -0.3 is 16.0 Å².